The second-order valence-corrected chi connectivity index (χ2v) is 10.3. The molecule has 0 saturated carbocycles. The summed E-state index contributed by atoms with van der Waals surface area (Å²) in [6.45, 7) is 10.3. The van der Waals surface area contributed by atoms with E-state index in [4.69, 9.17) is 9.47 Å². The summed E-state index contributed by atoms with van der Waals surface area (Å²) in [5, 5.41) is 9.92. The highest BCUT2D eigenvalue weighted by Crippen LogP contribution is 2.45. The quantitative estimate of drug-likeness (QED) is 0.639. The Hall–Kier alpha value is -1.62. The lowest BCUT2D eigenvalue weighted by atomic mass is 9.65. The fourth-order valence-electron chi connectivity index (χ4n) is 5.08. The summed E-state index contributed by atoms with van der Waals surface area (Å²) >= 11 is 0. The third kappa shape index (κ3) is 5.16. The first-order chi connectivity index (χ1) is 14.1. The van der Waals surface area contributed by atoms with Gasteiger partial charge in [0.2, 0.25) is 0 Å². The van der Waals surface area contributed by atoms with Gasteiger partial charge in [0, 0.05) is 12.3 Å². The number of aliphatic hydroxyl groups is 1. The van der Waals surface area contributed by atoms with Crippen molar-refractivity contribution >= 4 is 11.9 Å². The Kier molecular flexibility index (Phi) is 7.11. The molecule has 0 radical (unpaired) electrons. The second-order valence-electron chi connectivity index (χ2n) is 10.3. The molecular formula is C25H38O5. The summed E-state index contributed by atoms with van der Waals surface area (Å²) in [6, 6.07) is 0. The molecule has 0 bridgehead atoms. The zero-order valence-corrected chi connectivity index (χ0v) is 19.1. The average molecular weight is 419 g/mol. The van der Waals surface area contributed by atoms with Crippen LogP contribution in [0.25, 0.3) is 0 Å². The predicted molar refractivity (Wildman–Crippen MR) is 115 cm³/mol. The van der Waals surface area contributed by atoms with Gasteiger partial charge in [0.15, 0.2) is 0 Å². The highest BCUT2D eigenvalue weighted by Gasteiger charge is 2.43. The zero-order valence-electron chi connectivity index (χ0n) is 19.1. The monoisotopic (exact) mass is 418 g/mol. The largest absolute Gasteiger partial charge is 0.462 e. The summed E-state index contributed by atoms with van der Waals surface area (Å²) < 4.78 is 11.6. The lowest BCUT2D eigenvalue weighted by molar-refractivity contribution is -0.166. The Morgan fingerprint density at radius 2 is 2.00 bits per heavy atom. The smallest absolute Gasteiger partial charge is 0.311 e. The van der Waals surface area contributed by atoms with Crippen molar-refractivity contribution in [3.63, 3.8) is 0 Å². The molecule has 5 heteroatoms. The van der Waals surface area contributed by atoms with Gasteiger partial charge in [-0.2, -0.15) is 0 Å². The molecule has 2 aliphatic carbocycles. The van der Waals surface area contributed by atoms with E-state index in [1.807, 2.05) is 20.8 Å². The van der Waals surface area contributed by atoms with Gasteiger partial charge in [-0.05, 0) is 62.9 Å². The SMILES string of the molecule is CCC(C)(C)C(=O)O[C@H]1C[C@@H](C)C=C2C=C[C@H](C)C(CC[C@@H]3CC(O)CC(=O)O3)C21. The third-order valence-electron chi connectivity index (χ3n) is 7.35. The lowest BCUT2D eigenvalue weighted by Gasteiger charge is -2.44. The van der Waals surface area contributed by atoms with Crippen molar-refractivity contribution in [2.24, 2.45) is 29.1 Å². The molecule has 3 rings (SSSR count). The topological polar surface area (TPSA) is 72.8 Å². The molecule has 0 spiro atoms. The Bertz CT molecular complexity index is 706. The van der Waals surface area contributed by atoms with E-state index in [-0.39, 0.29) is 36.5 Å². The van der Waals surface area contributed by atoms with E-state index < -0.39 is 11.5 Å². The lowest BCUT2D eigenvalue weighted by Crippen LogP contribution is -2.43. The minimum atomic E-state index is -0.601. The minimum Gasteiger partial charge on any atom is -0.462 e. The standard InChI is InChI=1S/C25H38O5/c1-6-25(4,5)24(28)30-21-12-15(2)11-17-8-7-16(3)20(23(17)21)10-9-19-13-18(26)14-22(27)29-19/h7-8,11,15-16,18-21,23,26H,6,9-10,12-14H2,1-5H3/t15-,16-,18?,19+,20?,21-,23?/m0/s1. The molecule has 5 nitrogen and oxygen atoms in total. The first-order valence-electron chi connectivity index (χ1n) is 11.6. The third-order valence-corrected chi connectivity index (χ3v) is 7.35. The van der Waals surface area contributed by atoms with Gasteiger partial charge in [0.05, 0.1) is 17.9 Å². The van der Waals surface area contributed by atoms with Crippen LogP contribution in [0.4, 0.5) is 0 Å². The number of carbonyl (C=O) groups excluding carboxylic acids is 2. The summed E-state index contributed by atoms with van der Waals surface area (Å²) in [4.78, 5) is 24.6. The molecule has 3 unspecified atom stereocenters. The molecule has 0 aromatic rings. The number of fused-ring (bicyclic) bond motifs is 1. The van der Waals surface area contributed by atoms with Crippen molar-refractivity contribution in [1.29, 1.82) is 0 Å². The number of hydrogen-bond donors (Lipinski definition) is 1. The van der Waals surface area contributed by atoms with Crippen molar-refractivity contribution in [1.82, 2.24) is 0 Å². The number of hydrogen-bond acceptors (Lipinski definition) is 5. The van der Waals surface area contributed by atoms with Crippen LogP contribution >= 0.6 is 0 Å². The van der Waals surface area contributed by atoms with E-state index in [1.165, 1.54) is 5.57 Å². The van der Waals surface area contributed by atoms with E-state index in [2.05, 4.69) is 32.1 Å². The van der Waals surface area contributed by atoms with Gasteiger partial charge in [0.25, 0.3) is 0 Å². The number of carbonyl (C=O) groups is 2. The number of esters is 2. The van der Waals surface area contributed by atoms with Crippen molar-refractivity contribution in [2.45, 2.75) is 91.5 Å². The normalized spacial score (nSPS) is 36.5. The van der Waals surface area contributed by atoms with Gasteiger partial charge in [-0.3, -0.25) is 9.59 Å². The van der Waals surface area contributed by atoms with Crippen molar-refractivity contribution in [3.05, 3.63) is 23.8 Å². The molecule has 1 N–H and O–H groups in total. The van der Waals surface area contributed by atoms with E-state index in [0.29, 0.717) is 24.2 Å². The van der Waals surface area contributed by atoms with Crippen LogP contribution in [0.1, 0.15) is 73.1 Å². The van der Waals surface area contributed by atoms with Gasteiger partial charge >= 0.3 is 11.9 Å². The molecule has 30 heavy (non-hydrogen) atoms. The number of rotatable bonds is 6. The Morgan fingerprint density at radius 3 is 2.67 bits per heavy atom. The Balaban J connectivity index is 1.76. The number of ether oxygens (including phenoxy) is 2. The maximum absolute atomic E-state index is 12.9. The molecule has 1 fully saturated rings. The van der Waals surface area contributed by atoms with Gasteiger partial charge in [-0.15, -0.1) is 0 Å². The van der Waals surface area contributed by atoms with E-state index in [1.54, 1.807) is 0 Å². The van der Waals surface area contributed by atoms with Crippen LogP contribution in [-0.2, 0) is 19.1 Å². The fraction of sp³-hybridized carbons (Fsp3) is 0.760. The molecular weight excluding hydrogens is 380 g/mol. The number of aliphatic hydroxyl groups excluding tert-OH is 1. The molecule has 1 heterocycles. The molecule has 0 aromatic carbocycles. The van der Waals surface area contributed by atoms with Crippen LogP contribution < -0.4 is 0 Å². The average Bonchev–Trinajstić information content (AvgIpc) is 2.66. The zero-order chi connectivity index (χ0) is 22.1. The van der Waals surface area contributed by atoms with Gasteiger partial charge in [-0.1, -0.05) is 39.0 Å². The summed E-state index contributed by atoms with van der Waals surface area (Å²) in [5.74, 6) is 0.776. The molecule has 1 saturated heterocycles. The van der Waals surface area contributed by atoms with E-state index in [0.717, 1.165) is 25.7 Å². The molecule has 168 valence electrons. The van der Waals surface area contributed by atoms with E-state index in [9.17, 15) is 14.7 Å². The minimum absolute atomic E-state index is 0.0949. The van der Waals surface area contributed by atoms with Crippen molar-refractivity contribution in [2.75, 3.05) is 0 Å². The van der Waals surface area contributed by atoms with Gasteiger partial charge in [-0.25, -0.2) is 0 Å². The van der Waals surface area contributed by atoms with Crippen molar-refractivity contribution < 1.29 is 24.2 Å². The van der Waals surface area contributed by atoms with Crippen LogP contribution in [0.2, 0.25) is 0 Å². The number of cyclic esters (lactones) is 1. The molecule has 7 atom stereocenters. The maximum atomic E-state index is 12.9. The van der Waals surface area contributed by atoms with Crippen LogP contribution in [0, 0.1) is 29.1 Å². The first kappa shape index (κ1) is 23.1. The number of allylic oxidation sites excluding steroid dienone is 3. The molecule has 0 amide bonds. The first-order valence-corrected chi connectivity index (χ1v) is 11.6. The highest BCUT2D eigenvalue weighted by atomic mass is 16.6. The highest BCUT2D eigenvalue weighted by molar-refractivity contribution is 5.76. The maximum Gasteiger partial charge on any atom is 0.311 e. The van der Waals surface area contributed by atoms with Gasteiger partial charge < -0.3 is 14.6 Å². The molecule has 0 aromatic heterocycles. The molecule has 1 aliphatic heterocycles. The van der Waals surface area contributed by atoms with Gasteiger partial charge in [0.1, 0.15) is 12.2 Å². The molecule has 3 aliphatic rings. The predicted octanol–water partition coefficient (Wildman–Crippen LogP) is 4.59. The van der Waals surface area contributed by atoms with E-state index >= 15 is 0 Å². The Morgan fingerprint density at radius 1 is 1.27 bits per heavy atom. The fourth-order valence-corrected chi connectivity index (χ4v) is 5.08. The van der Waals surface area contributed by atoms with Crippen LogP contribution in [-0.4, -0.2) is 35.4 Å². The van der Waals surface area contributed by atoms with Crippen LogP contribution in [0.3, 0.4) is 0 Å². The second kappa shape index (κ2) is 9.25. The Labute approximate surface area is 180 Å². The van der Waals surface area contributed by atoms with Crippen LogP contribution in [0.15, 0.2) is 23.8 Å². The summed E-state index contributed by atoms with van der Waals surface area (Å²) in [7, 11) is 0. The summed E-state index contributed by atoms with van der Waals surface area (Å²) in [5.41, 5.74) is 0.785. The van der Waals surface area contributed by atoms with Crippen LogP contribution in [0.5, 0.6) is 0 Å². The van der Waals surface area contributed by atoms with Crippen molar-refractivity contribution in [3.8, 4) is 0 Å². The summed E-state index contributed by atoms with van der Waals surface area (Å²) in [6.07, 6.45) is 9.61.